The molecule has 0 fully saturated rings. The zero-order valence-corrected chi connectivity index (χ0v) is 9.01. The van der Waals surface area contributed by atoms with Gasteiger partial charge < -0.3 is 9.72 Å². The van der Waals surface area contributed by atoms with Gasteiger partial charge in [-0.25, -0.2) is 26.9 Å². The van der Waals surface area contributed by atoms with E-state index in [0.717, 1.165) is 6.20 Å². The number of hydrogen-bond acceptors (Lipinski definition) is 4. The summed E-state index contributed by atoms with van der Waals surface area (Å²) in [5.74, 6) is 0. The predicted octanol–water partition coefficient (Wildman–Crippen LogP) is -0.0303. The molecule has 0 saturated carbocycles. The van der Waals surface area contributed by atoms with E-state index in [1.54, 1.807) is 0 Å². The Morgan fingerprint density at radius 3 is 2.88 bits per heavy atom. The fourth-order valence-electron chi connectivity index (χ4n) is 0.888. The van der Waals surface area contributed by atoms with Crippen molar-refractivity contribution < 1.29 is 21.9 Å². The van der Waals surface area contributed by atoms with Crippen molar-refractivity contribution in [2.75, 3.05) is 19.8 Å². The maximum Gasteiger partial charge on any atom is 0.261 e. The Labute approximate surface area is 91.1 Å². The number of hydrogen-bond donors (Lipinski definition) is 2. The fraction of sp³-hybridized carbons (Fsp3) is 0.571. The molecular weight excluding hydrogens is 244 g/mol. The lowest BCUT2D eigenvalue weighted by molar-refractivity contribution is 0.0199. The van der Waals surface area contributed by atoms with Crippen molar-refractivity contribution >= 4 is 10.0 Å². The van der Waals surface area contributed by atoms with Gasteiger partial charge in [-0.05, 0) is 0 Å². The first-order valence-corrected chi connectivity index (χ1v) is 5.84. The normalized spacial score (nSPS) is 12.2. The van der Waals surface area contributed by atoms with Crippen LogP contribution in [0.25, 0.3) is 0 Å². The standard InChI is InChI=1S/C7H11F2N3O3S/c8-6(9)4-15-2-1-12-16(13,14)7-3-10-5-11-7/h3,5-6,12H,1-2,4H2,(H,10,11). The predicted molar refractivity (Wildman–Crippen MR) is 50.6 cm³/mol. The second-order valence-electron chi connectivity index (χ2n) is 2.78. The van der Waals surface area contributed by atoms with Crippen LogP contribution >= 0.6 is 0 Å². The molecule has 0 aromatic carbocycles. The molecule has 1 rings (SSSR count). The van der Waals surface area contributed by atoms with Crippen LogP contribution in [0.1, 0.15) is 0 Å². The van der Waals surface area contributed by atoms with E-state index in [2.05, 4.69) is 19.4 Å². The van der Waals surface area contributed by atoms with E-state index >= 15 is 0 Å². The third kappa shape index (κ3) is 4.21. The molecule has 2 N–H and O–H groups in total. The van der Waals surface area contributed by atoms with Crippen LogP contribution in [0, 0.1) is 0 Å². The van der Waals surface area contributed by atoms with Crippen LogP contribution in [0.15, 0.2) is 17.6 Å². The highest BCUT2D eigenvalue weighted by Crippen LogP contribution is 2.00. The van der Waals surface area contributed by atoms with Gasteiger partial charge in [0.15, 0.2) is 5.03 Å². The van der Waals surface area contributed by atoms with Crippen LogP contribution in [-0.2, 0) is 14.8 Å². The smallest absolute Gasteiger partial charge is 0.261 e. The van der Waals surface area contributed by atoms with Gasteiger partial charge >= 0.3 is 0 Å². The third-order valence-corrected chi connectivity index (χ3v) is 2.93. The number of nitrogens with zero attached hydrogens (tertiary/aromatic N) is 1. The largest absolute Gasteiger partial charge is 0.374 e. The summed E-state index contributed by atoms with van der Waals surface area (Å²) < 4.78 is 52.8. The summed E-state index contributed by atoms with van der Waals surface area (Å²) in [6, 6.07) is 0. The first-order valence-electron chi connectivity index (χ1n) is 4.36. The minimum absolute atomic E-state index is 0.0753. The zero-order chi connectivity index (χ0) is 12.0. The minimum Gasteiger partial charge on any atom is -0.374 e. The molecule has 0 aliphatic carbocycles. The summed E-state index contributed by atoms with van der Waals surface area (Å²) in [4.78, 5) is 5.97. The highest BCUT2D eigenvalue weighted by Gasteiger charge is 2.14. The topological polar surface area (TPSA) is 84.1 Å². The van der Waals surface area contributed by atoms with Gasteiger partial charge in [0.05, 0.1) is 19.1 Å². The Morgan fingerprint density at radius 2 is 2.31 bits per heavy atom. The molecule has 0 aliphatic heterocycles. The highest BCUT2D eigenvalue weighted by molar-refractivity contribution is 7.89. The van der Waals surface area contributed by atoms with E-state index in [-0.39, 0.29) is 18.2 Å². The lowest BCUT2D eigenvalue weighted by Crippen LogP contribution is -2.28. The summed E-state index contributed by atoms with van der Waals surface area (Å²) >= 11 is 0. The van der Waals surface area contributed by atoms with Crippen LogP contribution < -0.4 is 4.72 Å². The number of ether oxygens (including phenoxy) is 1. The summed E-state index contributed by atoms with van der Waals surface area (Å²) in [5, 5.41) is -0.0821. The van der Waals surface area contributed by atoms with Gasteiger partial charge in [0.1, 0.15) is 6.61 Å². The van der Waals surface area contributed by atoms with Crippen molar-refractivity contribution in [1.82, 2.24) is 14.7 Å². The lowest BCUT2D eigenvalue weighted by atomic mass is 10.7. The van der Waals surface area contributed by atoms with Crippen LogP contribution in [0.2, 0.25) is 0 Å². The SMILES string of the molecule is O=S(=O)(NCCOCC(F)F)c1cnc[nH]1. The maximum atomic E-state index is 11.6. The Hall–Kier alpha value is -1.06. The molecule has 1 aromatic heterocycles. The molecule has 0 bridgehead atoms. The van der Waals surface area contributed by atoms with E-state index < -0.39 is 23.1 Å². The van der Waals surface area contributed by atoms with Crippen molar-refractivity contribution in [1.29, 1.82) is 0 Å². The monoisotopic (exact) mass is 255 g/mol. The second-order valence-corrected chi connectivity index (χ2v) is 4.52. The first-order chi connectivity index (χ1) is 7.52. The average Bonchev–Trinajstić information content (AvgIpc) is 2.69. The van der Waals surface area contributed by atoms with Gasteiger partial charge in [-0.2, -0.15) is 0 Å². The molecule has 0 spiro atoms. The molecule has 9 heteroatoms. The van der Waals surface area contributed by atoms with E-state index in [1.165, 1.54) is 6.33 Å². The average molecular weight is 255 g/mol. The van der Waals surface area contributed by atoms with Crippen molar-refractivity contribution in [3.8, 4) is 0 Å². The fourth-order valence-corrected chi connectivity index (χ4v) is 1.80. The first kappa shape index (κ1) is 13.0. The van der Waals surface area contributed by atoms with Crippen molar-refractivity contribution in [3.05, 3.63) is 12.5 Å². The number of aromatic nitrogens is 2. The van der Waals surface area contributed by atoms with Gasteiger partial charge in [0.2, 0.25) is 0 Å². The van der Waals surface area contributed by atoms with E-state index in [4.69, 9.17) is 0 Å². The van der Waals surface area contributed by atoms with Crippen LogP contribution in [0.3, 0.4) is 0 Å². The molecule has 0 unspecified atom stereocenters. The number of sulfonamides is 1. The van der Waals surface area contributed by atoms with Crippen LogP contribution in [0.4, 0.5) is 8.78 Å². The number of imidazole rings is 1. The van der Waals surface area contributed by atoms with E-state index in [1.807, 2.05) is 0 Å². The maximum absolute atomic E-state index is 11.6. The van der Waals surface area contributed by atoms with Crippen molar-refractivity contribution in [2.45, 2.75) is 11.5 Å². The quantitative estimate of drug-likeness (QED) is 0.670. The van der Waals surface area contributed by atoms with E-state index in [0.29, 0.717) is 0 Å². The van der Waals surface area contributed by atoms with E-state index in [9.17, 15) is 17.2 Å². The number of halogens is 2. The second kappa shape index (κ2) is 5.87. The summed E-state index contributed by atoms with van der Waals surface area (Å²) in [6.07, 6.45) is -0.186. The zero-order valence-electron chi connectivity index (χ0n) is 8.19. The number of H-pyrrole nitrogens is 1. The number of rotatable bonds is 7. The molecule has 0 aliphatic rings. The van der Waals surface area contributed by atoms with Gasteiger partial charge in [-0.15, -0.1) is 0 Å². The van der Waals surface area contributed by atoms with Crippen LogP contribution in [-0.4, -0.2) is 44.6 Å². The molecule has 0 atom stereocenters. The molecule has 1 heterocycles. The van der Waals surface area contributed by atoms with Gasteiger partial charge in [0.25, 0.3) is 16.4 Å². The lowest BCUT2D eigenvalue weighted by Gasteiger charge is -2.05. The van der Waals surface area contributed by atoms with Crippen LogP contribution in [0.5, 0.6) is 0 Å². The van der Waals surface area contributed by atoms with Gasteiger partial charge in [0, 0.05) is 6.54 Å². The molecule has 1 aromatic rings. The molecule has 0 saturated heterocycles. The Kier molecular flexibility index (Phi) is 4.77. The molecule has 92 valence electrons. The van der Waals surface area contributed by atoms with Crippen molar-refractivity contribution in [2.24, 2.45) is 0 Å². The summed E-state index contributed by atoms with van der Waals surface area (Å²) in [7, 11) is -3.65. The molecular formula is C7H11F2N3O3S. The minimum atomic E-state index is -3.65. The molecule has 0 amide bonds. The molecule has 0 radical (unpaired) electrons. The number of nitrogens with one attached hydrogen (secondary N) is 2. The molecule has 16 heavy (non-hydrogen) atoms. The van der Waals surface area contributed by atoms with Gasteiger partial charge in [-0.3, -0.25) is 0 Å². The summed E-state index contributed by atoms with van der Waals surface area (Å²) in [6.45, 7) is -0.891. The van der Waals surface area contributed by atoms with Crippen molar-refractivity contribution in [3.63, 3.8) is 0 Å². The van der Waals surface area contributed by atoms with Gasteiger partial charge in [-0.1, -0.05) is 0 Å². The number of aromatic amines is 1. The summed E-state index contributed by atoms with van der Waals surface area (Å²) in [5.41, 5.74) is 0. The third-order valence-electron chi connectivity index (χ3n) is 1.54. The Bertz CT molecular complexity index is 393. The Balaban J connectivity index is 2.28. The highest BCUT2D eigenvalue weighted by atomic mass is 32.2. The molecule has 6 nitrogen and oxygen atoms in total. The number of alkyl halides is 2. The Morgan fingerprint density at radius 1 is 1.56 bits per heavy atom.